The molecule has 92 heavy (non-hydrogen) atoms. The van der Waals surface area contributed by atoms with Gasteiger partial charge < -0.3 is 4.42 Å². The van der Waals surface area contributed by atoms with Crippen molar-refractivity contribution in [3.8, 4) is 0 Å². The molecule has 6 aromatic heterocycles. The first kappa shape index (κ1) is 84.5. The van der Waals surface area contributed by atoms with Gasteiger partial charge in [0.15, 0.2) is 0 Å². The predicted molar refractivity (Wildman–Crippen MR) is 400 cm³/mol. The first-order valence-electron chi connectivity index (χ1n) is 32.7. The number of furan rings is 1. The third kappa shape index (κ3) is 36.1. The Balaban J connectivity index is 0. The summed E-state index contributed by atoms with van der Waals surface area (Å²) in [6.07, 6.45) is 15.3. The van der Waals surface area contributed by atoms with Gasteiger partial charge in [-0.3, -0.25) is 15.0 Å². The van der Waals surface area contributed by atoms with Gasteiger partial charge in [0.05, 0.1) is 24.0 Å². The van der Waals surface area contributed by atoms with Crippen LogP contribution in [-0.4, -0.2) is 49.9 Å². The third-order valence-electron chi connectivity index (χ3n) is 11.5. The van der Waals surface area contributed by atoms with Gasteiger partial charge in [0.1, 0.15) is 29.3 Å². The molecular weight excluding hydrogens is 1130 g/mol. The maximum absolute atomic E-state index is 5.37. The highest BCUT2D eigenvalue weighted by atomic mass is 16.3. The highest BCUT2D eigenvalue weighted by Gasteiger charge is 2.02. The number of aromatic nitrogens is 10. The number of fused-ring (bicyclic) bond motifs is 4. The molecule has 0 saturated carbocycles. The Morgan fingerprint density at radius 1 is 0.370 bits per heavy atom. The number of aryl methyl sites for hydroxylation is 9. The second kappa shape index (κ2) is 55.5. The van der Waals surface area contributed by atoms with E-state index in [0.717, 1.165) is 51.9 Å². The number of nitrogens with zero attached hydrogens (tertiary/aromatic N) is 10. The molecule has 0 atom stereocenters. The van der Waals surface area contributed by atoms with Gasteiger partial charge in [-0.05, 0) is 143 Å². The normalized spacial score (nSPS) is 8.86. The van der Waals surface area contributed by atoms with Crippen LogP contribution in [-0.2, 0) is 6.54 Å². The van der Waals surface area contributed by atoms with Crippen molar-refractivity contribution in [1.29, 1.82) is 0 Å². The van der Waals surface area contributed by atoms with Gasteiger partial charge in [0, 0.05) is 54.2 Å². The summed E-state index contributed by atoms with van der Waals surface area (Å²) in [4.78, 5) is 23.8. The molecule has 0 fully saturated rings. The summed E-state index contributed by atoms with van der Waals surface area (Å²) in [7, 11) is 0. The smallest absolute Gasteiger partial charge is 0.147 e. The van der Waals surface area contributed by atoms with Crippen LogP contribution in [0.25, 0.3) is 43.4 Å². The van der Waals surface area contributed by atoms with Crippen molar-refractivity contribution in [2.45, 2.75) is 166 Å². The minimum absolute atomic E-state index is 0.799. The molecule has 0 spiro atoms. The van der Waals surface area contributed by atoms with E-state index in [0.29, 0.717) is 0 Å². The van der Waals surface area contributed by atoms with Crippen molar-refractivity contribution in [2.24, 2.45) is 0 Å². The van der Waals surface area contributed by atoms with Gasteiger partial charge in [-0.1, -0.05) is 254 Å². The number of hydrogen-bond donors (Lipinski definition) is 0. The molecular formula is C81H110N10O. The van der Waals surface area contributed by atoms with Crippen molar-refractivity contribution in [3.05, 3.63) is 294 Å². The van der Waals surface area contributed by atoms with Gasteiger partial charge in [-0.2, -0.15) is 15.3 Å². The summed E-state index contributed by atoms with van der Waals surface area (Å²) in [6, 6.07) is 62.3. The van der Waals surface area contributed by atoms with Crippen molar-refractivity contribution in [1.82, 2.24) is 49.9 Å². The van der Waals surface area contributed by atoms with Crippen LogP contribution in [0.3, 0.4) is 0 Å². The Labute approximate surface area is 555 Å². The average Bonchev–Trinajstić information content (AvgIpc) is 2.62. The maximum atomic E-state index is 5.37. The summed E-state index contributed by atoms with van der Waals surface area (Å²) >= 11 is 0. The van der Waals surface area contributed by atoms with Crippen LogP contribution < -0.4 is 0 Å². The highest BCUT2D eigenvalue weighted by molar-refractivity contribution is 5.85. The Morgan fingerprint density at radius 2 is 0.924 bits per heavy atom. The first-order valence-corrected chi connectivity index (χ1v) is 32.7. The average molecular weight is 1240 g/mol. The molecule has 0 unspecified atom stereocenters. The number of pyridine rings is 1. The zero-order valence-corrected chi connectivity index (χ0v) is 60.1. The van der Waals surface area contributed by atoms with E-state index in [9.17, 15) is 0 Å². The lowest BCUT2D eigenvalue weighted by molar-refractivity contribution is 0.578. The fourth-order valence-electron chi connectivity index (χ4n) is 7.58. The van der Waals surface area contributed by atoms with Crippen LogP contribution in [0.4, 0.5) is 0 Å². The molecule has 0 N–H and O–H groups in total. The molecule has 0 aliphatic carbocycles. The molecule has 0 amide bonds. The molecule has 11 nitrogen and oxygen atoms in total. The number of benzene rings is 7. The van der Waals surface area contributed by atoms with E-state index >= 15 is 0 Å². The third-order valence-corrected chi connectivity index (χ3v) is 11.5. The van der Waals surface area contributed by atoms with E-state index in [1.165, 1.54) is 60.9 Å². The monoisotopic (exact) mass is 1240 g/mol. The van der Waals surface area contributed by atoms with Crippen LogP contribution in [0, 0.1) is 62.3 Å². The van der Waals surface area contributed by atoms with Crippen LogP contribution in [0.1, 0.15) is 153 Å². The fraction of sp³-hybridized carbons (Fsp3) is 0.296. The zero-order chi connectivity index (χ0) is 69.3. The van der Waals surface area contributed by atoms with E-state index < -0.39 is 0 Å². The molecule has 13 aromatic rings. The topological polar surface area (TPSA) is 134 Å². The van der Waals surface area contributed by atoms with Gasteiger partial charge in [0.2, 0.25) is 0 Å². The Morgan fingerprint density at radius 3 is 1.43 bits per heavy atom. The molecule has 0 aliphatic rings. The lowest BCUT2D eigenvalue weighted by Crippen LogP contribution is -2.03. The molecule has 6 heterocycles. The van der Waals surface area contributed by atoms with Crippen LogP contribution in [0.2, 0.25) is 0 Å². The molecule has 0 saturated heterocycles. The molecule has 0 radical (unpaired) electrons. The number of para-hydroxylation sites is 1. The van der Waals surface area contributed by atoms with Crippen molar-refractivity contribution in [3.63, 3.8) is 0 Å². The van der Waals surface area contributed by atoms with E-state index in [1.54, 1.807) is 43.4 Å². The van der Waals surface area contributed by atoms with Gasteiger partial charge >= 0.3 is 0 Å². The maximum Gasteiger partial charge on any atom is 0.147 e. The fourth-order valence-corrected chi connectivity index (χ4v) is 7.58. The van der Waals surface area contributed by atoms with Crippen LogP contribution >= 0.6 is 0 Å². The van der Waals surface area contributed by atoms with E-state index in [-0.39, 0.29) is 0 Å². The van der Waals surface area contributed by atoms with Crippen LogP contribution in [0.15, 0.2) is 242 Å². The standard InChI is InChI=1S/C11H13N3.2C11H10.C10H9N.C9H8O.3C5H6N2.7C2H6/c1-9-12-10(2)14(13-9)8-11-6-4-3-5-7-11;1-9-5-4-7-10-6-2-3-8-11(9)10;1-9-6-7-10-4-2-3-5-11(10)8-9;1-8-4-5-10-9(7-8)3-2-6-11-10;1-7-6-8-4-2-3-5-9(8)10-7;1-5-2-6-4-7-3-5;1-5-4-6-2-3-7-5;1-5-2-3-6-7-4-5;7*1-2/h3-7H,8H2,1-2H3;2*2-8H,1H3;2-7H,1H3;2-6H,1H3;3*2-4H,1H3;7*1-2H3. The lowest BCUT2D eigenvalue weighted by Gasteiger charge is -2.02. The van der Waals surface area contributed by atoms with E-state index in [4.69, 9.17) is 4.42 Å². The van der Waals surface area contributed by atoms with Crippen molar-refractivity contribution in [2.75, 3.05) is 0 Å². The first-order chi connectivity index (χ1) is 44.9. The quantitative estimate of drug-likeness (QED) is 0.165. The minimum Gasteiger partial charge on any atom is -0.461 e. The SMILES string of the molecule is CC.CC.CC.CC.CC.CC.CC.Cc1cc2ccccc2o1.Cc1ccc2ccccc2c1.Cc1ccc2ncccc2c1.Cc1cccc2ccccc12.Cc1ccnnc1.Cc1cnccn1.Cc1cncnc1.Cc1nc(C)n(Cc2ccccc2)n1. The molecule has 7 aromatic carbocycles. The molecule has 13 rings (SSSR count). The predicted octanol–water partition coefficient (Wildman–Crippen LogP) is 23.1. The zero-order valence-electron chi connectivity index (χ0n) is 60.1. The Bertz CT molecular complexity index is 3560. The van der Waals surface area contributed by atoms with Crippen LogP contribution in [0.5, 0.6) is 0 Å². The number of rotatable bonds is 2. The summed E-state index contributed by atoms with van der Waals surface area (Å²) in [5, 5.41) is 19.3. The molecule has 0 bridgehead atoms. The number of hydrogen-bond acceptors (Lipinski definition) is 10. The second-order valence-corrected chi connectivity index (χ2v) is 18.3. The largest absolute Gasteiger partial charge is 0.461 e. The van der Waals surface area contributed by atoms with E-state index in [1.807, 2.05) is 216 Å². The Kier molecular flexibility index (Phi) is 50.9. The summed E-state index contributed by atoms with van der Waals surface area (Å²) in [6.45, 7) is 46.8. The summed E-state index contributed by atoms with van der Waals surface area (Å²) in [5.41, 5.74) is 10.5. The van der Waals surface area contributed by atoms with Gasteiger partial charge in [-0.15, -0.1) is 0 Å². The second-order valence-electron chi connectivity index (χ2n) is 18.3. The van der Waals surface area contributed by atoms with Gasteiger partial charge in [-0.25, -0.2) is 19.6 Å². The molecule has 0 aliphatic heterocycles. The lowest BCUT2D eigenvalue weighted by atomic mass is 10.1. The molecule has 490 valence electrons. The van der Waals surface area contributed by atoms with Crippen molar-refractivity contribution >= 4 is 43.4 Å². The Hall–Kier alpha value is -9.61. The highest BCUT2D eigenvalue weighted by Crippen LogP contribution is 2.19. The summed E-state index contributed by atoms with van der Waals surface area (Å²) in [5.74, 6) is 2.77. The summed E-state index contributed by atoms with van der Waals surface area (Å²) < 4.78 is 7.29. The molecule has 11 heteroatoms. The van der Waals surface area contributed by atoms with E-state index in [2.05, 4.69) is 181 Å². The van der Waals surface area contributed by atoms with Gasteiger partial charge in [0.25, 0.3) is 0 Å². The minimum atomic E-state index is 0.799. The van der Waals surface area contributed by atoms with Crippen molar-refractivity contribution < 1.29 is 4.42 Å².